The number of aromatic nitrogens is 3. The Labute approximate surface area is 218 Å². The Hall–Kier alpha value is -3.50. The van der Waals surface area contributed by atoms with Gasteiger partial charge in [-0.15, -0.1) is 5.11 Å². The highest BCUT2D eigenvalue weighted by Gasteiger charge is 2.42. The molecule has 1 atom stereocenters. The van der Waals surface area contributed by atoms with Crippen LogP contribution in [0.3, 0.4) is 0 Å². The standard InChI is InChI=1S/C24H27B3N6O4/c1-23(8-5-6-9-23)21(14-12(24(25,26)27)11-33(4)31-14)30-16-15(19(35)20(16)36)29-13-7-10-28-17(18(13)34)22(37)32(2)3/h7,10-11,21,30,34H,5-6,8-9H2,1-4H3,(H,28,29)/t21-/m0/s1. The van der Waals surface area contributed by atoms with E-state index in [1.165, 1.54) is 31.3 Å². The zero-order valence-corrected chi connectivity index (χ0v) is 21.3. The van der Waals surface area contributed by atoms with Crippen LogP contribution >= 0.6 is 0 Å². The van der Waals surface area contributed by atoms with Crippen molar-refractivity contribution in [3.63, 3.8) is 0 Å². The topological polar surface area (TPSA) is 129 Å². The Morgan fingerprint density at radius 1 is 1.19 bits per heavy atom. The Balaban J connectivity index is 1.75. The van der Waals surface area contributed by atoms with Crippen molar-refractivity contribution in [2.75, 3.05) is 24.7 Å². The first-order chi connectivity index (χ1) is 17.2. The summed E-state index contributed by atoms with van der Waals surface area (Å²) in [6.07, 6.45) is 6.62. The number of carbonyl (C=O) groups excluding carboxylic acids is 1. The molecule has 2 aromatic heterocycles. The summed E-state index contributed by atoms with van der Waals surface area (Å²) in [6, 6.07) is 0.864. The molecule has 1 saturated carbocycles. The molecule has 1 fully saturated rings. The Morgan fingerprint density at radius 3 is 2.41 bits per heavy atom. The molecule has 13 heteroatoms. The number of amides is 1. The average molecular weight is 496 g/mol. The van der Waals surface area contributed by atoms with Crippen LogP contribution in [0, 0.1) is 5.41 Å². The molecular formula is C24H27B3N6O4. The largest absolute Gasteiger partial charge is 0.504 e. The predicted molar refractivity (Wildman–Crippen MR) is 144 cm³/mol. The molecule has 3 N–H and O–H groups in total. The van der Waals surface area contributed by atoms with Crippen molar-refractivity contribution in [1.29, 1.82) is 0 Å². The van der Waals surface area contributed by atoms with Gasteiger partial charge in [-0.05, 0) is 29.9 Å². The van der Waals surface area contributed by atoms with Gasteiger partial charge in [0.1, 0.15) is 11.4 Å². The number of aromatic hydroxyl groups is 1. The van der Waals surface area contributed by atoms with Crippen molar-refractivity contribution in [1.82, 2.24) is 19.7 Å². The number of nitrogens with zero attached hydrogens (tertiary/aromatic N) is 4. The minimum absolute atomic E-state index is 0.0353. The number of rotatable bonds is 8. The molecule has 0 unspecified atom stereocenters. The van der Waals surface area contributed by atoms with Crippen LogP contribution in [0.1, 0.15) is 60.4 Å². The fourth-order valence-corrected chi connectivity index (χ4v) is 4.95. The Morgan fingerprint density at radius 2 is 1.81 bits per heavy atom. The molecule has 4 rings (SSSR count). The summed E-state index contributed by atoms with van der Waals surface area (Å²) in [6.45, 7) is 2.08. The van der Waals surface area contributed by atoms with Gasteiger partial charge in [0.2, 0.25) is 0 Å². The van der Waals surface area contributed by atoms with Gasteiger partial charge in [0.25, 0.3) is 16.8 Å². The molecule has 0 bridgehead atoms. The van der Waals surface area contributed by atoms with Crippen molar-refractivity contribution in [3.8, 4) is 5.75 Å². The molecule has 1 amide bonds. The summed E-state index contributed by atoms with van der Waals surface area (Å²) >= 11 is 0. The summed E-state index contributed by atoms with van der Waals surface area (Å²) in [4.78, 5) is 42.9. The average Bonchev–Trinajstić information content (AvgIpc) is 3.44. The second-order valence-electron chi connectivity index (χ2n) is 10.3. The van der Waals surface area contributed by atoms with Crippen LogP contribution in [0.2, 0.25) is 0 Å². The molecule has 1 aliphatic rings. The van der Waals surface area contributed by atoms with Crippen LogP contribution in [0.15, 0.2) is 28.0 Å². The van der Waals surface area contributed by atoms with E-state index in [2.05, 4.69) is 27.6 Å². The van der Waals surface area contributed by atoms with Gasteiger partial charge in [0.15, 0.2) is 11.4 Å². The highest BCUT2D eigenvalue weighted by Crippen LogP contribution is 2.50. The second-order valence-corrected chi connectivity index (χ2v) is 10.3. The molecule has 0 saturated heterocycles. The van der Waals surface area contributed by atoms with Crippen LogP contribution in [0.5, 0.6) is 5.75 Å². The fourth-order valence-electron chi connectivity index (χ4n) is 4.95. The minimum Gasteiger partial charge on any atom is -0.504 e. The molecular weight excluding hydrogens is 469 g/mol. The van der Waals surface area contributed by atoms with Crippen molar-refractivity contribution in [2.24, 2.45) is 12.5 Å². The van der Waals surface area contributed by atoms with Crippen molar-refractivity contribution in [3.05, 3.63) is 55.9 Å². The molecule has 10 nitrogen and oxygen atoms in total. The minimum atomic E-state index is -1.68. The van der Waals surface area contributed by atoms with Crippen LogP contribution in [-0.2, 0) is 12.2 Å². The fraction of sp³-hybridized carbons (Fsp3) is 0.458. The van der Waals surface area contributed by atoms with Crippen molar-refractivity contribution in [2.45, 2.75) is 43.8 Å². The van der Waals surface area contributed by atoms with E-state index < -0.39 is 33.7 Å². The van der Waals surface area contributed by atoms with Gasteiger partial charge in [-0.25, -0.2) is 4.98 Å². The number of pyridine rings is 1. The normalized spacial score (nSPS) is 16.0. The number of aryl methyl sites for hydroxylation is 1. The third-order valence-electron chi connectivity index (χ3n) is 7.03. The smallest absolute Gasteiger partial charge is 0.275 e. The molecule has 2 heterocycles. The highest BCUT2D eigenvalue weighted by molar-refractivity contribution is 6.59. The predicted octanol–water partition coefficient (Wildman–Crippen LogP) is 0.911. The van der Waals surface area contributed by atoms with E-state index in [1.807, 2.05) is 0 Å². The number of carbonyl (C=O) groups is 1. The SMILES string of the molecule is [B]C([B])([B])c1cn(C)nc1[C@H](Nc1c(Nc2ccnc(C(=O)N(C)C)c2O)c(=O)c1=O)C1(C)CCCC1. The van der Waals surface area contributed by atoms with Crippen molar-refractivity contribution >= 4 is 46.5 Å². The van der Waals surface area contributed by atoms with E-state index in [0.717, 1.165) is 25.7 Å². The zero-order chi connectivity index (χ0) is 27.3. The van der Waals surface area contributed by atoms with E-state index in [1.54, 1.807) is 17.9 Å². The zero-order valence-electron chi connectivity index (χ0n) is 21.3. The molecule has 3 aromatic rings. The molecule has 186 valence electrons. The van der Waals surface area contributed by atoms with Crippen LogP contribution in [0.4, 0.5) is 17.1 Å². The second kappa shape index (κ2) is 9.43. The molecule has 37 heavy (non-hydrogen) atoms. The van der Waals surface area contributed by atoms with Gasteiger partial charge >= 0.3 is 0 Å². The maximum atomic E-state index is 12.7. The molecule has 1 aliphatic carbocycles. The number of hydrogen-bond acceptors (Lipinski definition) is 8. The lowest BCUT2D eigenvalue weighted by Gasteiger charge is -2.37. The van der Waals surface area contributed by atoms with E-state index in [-0.39, 0.29) is 28.2 Å². The lowest BCUT2D eigenvalue weighted by atomic mass is 9.40. The van der Waals surface area contributed by atoms with Crippen LogP contribution in [-0.4, -0.2) is 68.3 Å². The summed E-state index contributed by atoms with van der Waals surface area (Å²) in [7, 11) is 22.9. The first-order valence-corrected chi connectivity index (χ1v) is 11.9. The third kappa shape index (κ3) is 4.79. The van der Waals surface area contributed by atoms with Gasteiger partial charge in [0.05, 0.1) is 41.0 Å². The van der Waals surface area contributed by atoms with E-state index in [4.69, 9.17) is 23.5 Å². The number of nitrogens with one attached hydrogen (secondary N) is 2. The molecule has 6 radical (unpaired) electrons. The first kappa shape index (κ1) is 26.6. The van der Waals surface area contributed by atoms with E-state index in [0.29, 0.717) is 11.3 Å². The first-order valence-electron chi connectivity index (χ1n) is 11.9. The van der Waals surface area contributed by atoms with Crippen LogP contribution in [0.25, 0.3) is 0 Å². The highest BCUT2D eigenvalue weighted by atomic mass is 16.3. The molecule has 1 aromatic carbocycles. The number of hydrogen-bond donors (Lipinski definition) is 3. The molecule has 0 aliphatic heterocycles. The Bertz CT molecular complexity index is 1420. The van der Waals surface area contributed by atoms with Gasteiger partial charge in [0, 0.05) is 33.5 Å². The monoisotopic (exact) mass is 496 g/mol. The lowest BCUT2D eigenvalue weighted by molar-refractivity contribution is 0.0819. The Kier molecular flexibility index (Phi) is 6.77. The maximum absolute atomic E-state index is 12.7. The van der Waals surface area contributed by atoms with Gasteiger partial charge < -0.3 is 20.6 Å². The summed E-state index contributed by atoms with van der Waals surface area (Å²) in [5, 5.41) is 19.6. The van der Waals surface area contributed by atoms with Gasteiger partial charge in [-0.1, -0.05) is 19.8 Å². The lowest BCUT2D eigenvalue weighted by Crippen LogP contribution is -2.41. The van der Waals surface area contributed by atoms with Gasteiger partial charge in [-0.2, -0.15) is 5.10 Å². The quantitative estimate of drug-likeness (QED) is 0.310. The maximum Gasteiger partial charge on any atom is 0.275 e. The summed E-state index contributed by atoms with van der Waals surface area (Å²) < 4.78 is 1.55. The summed E-state index contributed by atoms with van der Waals surface area (Å²) in [5.74, 6) is -0.957. The third-order valence-corrected chi connectivity index (χ3v) is 7.03. The summed E-state index contributed by atoms with van der Waals surface area (Å²) in [5.41, 5.74) is -1.06. The van der Waals surface area contributed by atoms with Crippen molar-refractivity contribution < 1.29 is 9.90 Å². The number of anilines is 3. The van der Waals surface area contributed by atoms with Crippen LogP contribution < -0.4 is 21.5 Å². The van der Waals surface area contributed by atoms with Gasteiger partial charge in [-0.3, -0.25) is 19.1 Å². The van der Waals surface area contributed by atoms with E-state index >= 15 is 0 Å². The van der Waals surface area contributed by atoms with E-state index in [9.17, 15) is 19.5 Å². The molecule has 0 spiro atoms.